The molecule has 0 N–H and O–H groups in total. The summed E-state index contributed by atoms with van der Waals surface area (Å²) in [6.45, 7) is 0.122. The molecule has 0 saturated carbocycles. The minimum atomic E-state index is -0.546. The van der Waals surface area contributed by atoms with Gasteiger partial charge < -0.3 is 14.2 Å². The van der Waals surface area contributed by atoms with Crippen molar-refractivity contribution in [3.63, 3.8) is 0 Å². The molecule has 1 aliphatic rings. The van der Waals surface area contributed by atoms with Crippen molar-refractivity contribution in [3.05, 3.63) is 53.3 Å². The van der Waals surface area contributed by atoms with Crippen LogP contribution in [0, 0.1) is 5.82 Å². The number of thioether (sulfide) groups is 1. The second kappa shape index (κ2) is 8.52. The Morgan fingerprint density at radius 1 is 0.964 bits per heavy atom. The summed E-state index contributed by atoms with van der Waals surface area (Å²) in [7, 11) is 4.55. The molecule has 0 radical (unpaired) electrons. The number of halogens is 1. The molecule has 0 aliphatic carbocycles. The van der Waals surface area contributed by atoms with Gasteiger partial charge in [0.2, 0.25) is 11.7 Å². The van der Waals surface area contributed by atoms with Crippen LogP contribution in [0.3, 0.4) is 0 Å². The number of carbonyl (C=O) groups is 2. The number of amides is 2. The van der Waals surface area contributed by atoms with Crippen molar-refractivity contribution in [1.29, 1.82) is 0 Å². The summed E-state index contributed by atoms with van der Waals surface area (Å²) in [4.78, 5) is 26.3. The minimum absolute atomic E-state index is 0.122. The van der Waals surface area contributed by atoms with Crippen LogP contribution in [0.5, 0.6) is 17.2 Å². The van der Waals surface area contributed by atoms with Gasteiger partial charge in [0.25, 0.3) is 5.24 Å². The van der Waals surface area contributed by atoms with Crippen LogP contribution in [-0.4, -0.2) is 42.6 Å². The molecule has 1 heterocycles. The second-order valence-electron chi connectivity index (χ2n) is 6.16. The summed E-state index contributed by atoms with van der Waals surface area (Å²) < 4.78 is 29.0. The Balaban J connectivity index is 1.77. The van der Waals surface area contributed by atoms with Crippen molar-refractivity contribution in [1.82, 2.24) is 4.90 Å². The zero-order chi connectivity index (χ0) is 20.3. The second-order valence-corrected chi connectivity index (χ2v) is 7.31. The lowest BCUT2D eigenvalue weighted by atomic mass is 10.1. The first kappa shape index (κ1) is 20.0. The standard InChI is InChI=1S/C20H20FNO5S/c1-25-15-8-13(9-16(26-2)18(15)27-3)10-17-19(23)22(20(24)28-17)11-12-4-6-14(21)7-5-12/h4-9,17H,10-11H2,1-3H3/t17-/m0/s1. The van der Waals surface area contributed by atoms with E-state index in [1.54, 1.807) is 24.3 Å². The van der Waals surface area contributed by atoms with Gasteiger partial charge in [-0.25, -0.2) is 4.39 Å². The first-order valence-corrected chi connectivity index (χ1v) is 9.40. The molecular weight excluding hydrogens is 385 g/mol. The van der Waals surface area contributed by atoms with Gasteiger partial charge in [-0.1, -0.05) is 23.9 Å². The molecule has 6 nitrogen and oxygen atoms in total. The van der Waals surface area contributed by atoms with E-state index < -0.39 is 5.25 Å². The average Bonchev–Trinajstić information content (AvgIpc) is 2.96. The highest BCUT2D eigenvalue weighted by Gasteiger charge is 2.39. The SMILES string of the molecule is COc1cc(C[C@@H]2SC(=O)N(Cc3ccc(F)cc3)C2=O)cc(OC)c1OC. The molecule has 3 rings (SSSR count). The highest BCUT2D eigenvalue weighted by molar-refractivity contribution is 8.15. The first-order chi connectivity index (χ1) is 13.5. The molecule has 1 atom stereocenters. The largest absolute Gasteiger partial charge is 0.493 e. The molecule has 1 saturated heterocycles. The minimum Gasteiger partial charge on any atom is -0.493 e. The number of imide groups is 1. The fraction of sp³-hybridized carbons (Fsp3) is 0.300. The number of rotatable bonds is 7. The van der Waals surface area contributed by atoms with Crippen LogP contribution in [0.4, 0.5) is 9.18 Å². The molecule has 2 aromatic carbocycles. The van der Waals surface area contributed by atoms with Crippen molar-refractivity contribution >= 4 is 22.9 Å². The fourth-order valence-corrected chi connectivity index (χ4v) is 4.04. The average molecular weight is 405 g/mol. The first-order valence-electron chi connectivity index (χ1n) is 8.52. The van der Waals surface area contributed by atoms with Crippen molar-refractivity contribution in [2.45, 2.75) is 18.2 Å². The van der Waals surface area contributed by atoms with Crippen LogP contribution in [0.2, 0.25) is 0 Å². The zero-order valence-electron chi connectivity index (χ0n) is 15.7. The maximum absolute atomic E-state index is 13.1. The van der Waals surface area contributed by atoms with Crippen molar-refractivity contribution in [2.24, 2.45) is 0 Å². The lowest BCUT2D eigenvalue weighted by Crippen LogP contribution is -2.31. The molecule has 148 valence electrons. The molecule has 1 aliphatic heterocycles. The Hall–Kier alpha value is -2.74. The van der Waals surface area contributed by atoms with E-state index in [1.807, 2.05) is 0 Å². The van der Waals surface area contributed by atoms with Crippen LogP contribution in [-0.2, 0) is 17.8 Å². The Bertz CT molecular complexity index is 862. The summed E-state index contributed by atoms with van der Waals surface area (Å²) in [5.41, 5.74) is 1.48. The van der Waals surface area contributed by atoms with E-state index in [0.29, 0.717) is 29.2 Å². The normalized spacial score (nSPS) is 16.4. The van der Waals surface area contributed by atoms with Crippen LogP contribution in [0.25, 0.3) is 0 Å². The van der Waals surface area contributed by atoms with Crippen molar-refractivity contribution < 1.29 is 28.2 Å². The number of benzene rings is 2. The number of methoxy groups -OCH3 is 3. The van der Waals surface area contributed by atoms with Gasteiger partial charge in [-0.05, 0) is 41.8 Å². The van der Waals surface area contributed by atoms with E-state index in [9.17, 15) is 14.0 Å². The Kier molecular flexibility index (Phi) is 6.08. The third kappa shape index (κ3) is 4.06. The van der Waals surface area contributed by atoms with Crippen LogP contribution < -0.4 is 14.2 Å². The van der Waals surface area contributed by atoms with Gasteiger partial charge >= 0.3 is 0 Å². The molecule has 1 fully saturated rings. The quantitative estimate of drug-likeness (QED) is 0.701. The van der Waals surface area contributed by atoms with Crippen LogP contribution >= 0.6 is 11.8 Å². The molecule has 2 amide bonds. The number of nitrogens with zero attached hydrogens (tertiary/aromatic N) is 1. The number of carbonyl (C=O) groups excluding carboxylic acids is 2. The lowest BCUT2D eigenvalue weighted by molar-refractivity contribution is -0.127. The monoisotopic (exact) mass is 405 g/mol. The van der Waals surface area contributed by atoms with E-state index in [0.717, 1.165) is 17.3 Å². The fourth-order valence-electron chi connectivity index (χ4n) is 3.01. The molecule has 8 heteroatoms. The maximum atomic E-state index is 13.1. The van der Waals surface area contributed by atoms with Gasteiger partial charge in [-0.15, -0.1) is 0 Å². The van der Waals surface area contributed by atoms with Crippen LogP contribution in [0.1, 0.15) is 11.1 Å². The van der Waals surface area contributed by atoms with E-state index >= 15 is 0 Å². The Labute approximate surface area is 166 Å². The third-order valence-corrected chi connectivity index (χ3v) is 5.48. The van der Waals surface area contributed by atoms with Crippen LogP contribution in [0.15, 0.2) is 36.4 Å². The summed E-state index contributed by atoms with van der Waals surface area (Å²) in [6.07, 6.45) is 0.339. The van der Waals surface area contributed by atoms with Gasteiger partial charge in [0.1, 0.15) is 5.82 Å². The van der Waals surface area contributed by atoms with Gasteiger partial charge in [-0.2, -0.15) is 0 Å². The van der Waals surface area contributed by atoms with Gasteiger partial charge in [-0.3, -0.25) is 14.5 Å². The lowest BCUT2D eigenvalue weighted by Gasteiger charge is -2.16. The summed E-state index contributed by atoms with van der Waals surface area (Å²) in [5.74, 6) is 0.808. The maximum Gasteiger partial charge on any atom is 0.289 e. The van der Waals surface area contributed by atoms with E-state index in [1.165, 1.54) is 38.4 Å². The van der Waals surface area contributed by atoms with Gasteiger partial charge in [0, 0.05) is 0 Å². The molecule has 0 bridgehead atoms. The molecule has 0 spiro atoms. The van der Waals surface area contributed by atoms with Crippen molar-refractivity contribution in [2.75, 3.05) is 21.3 Å². The number of ether oxygens (including phenoxy) is 3. The Morgan fingerprint density at radius 3 is 2.11 bits per heavy atom. The van der Waals surface area contributed by atoms with Gasteiger partial charge in [0.05, 0.1) is 33.1 Å². The van der Waals surface area contributed by atoms with E-state index in [4.69, 9.17) is 14.2 Å². The van der Waals surface area contributed by atoms with E-state index in [-0.39, 0.29) is 23.5 Å². The molecule has 28 heavy (non-hydrogen) atoms. The topological polar surface area (TPSA) is 65.1 Å². The summed E-state index contributed by atoms with van der Waals surface area (Å²) in [6, 6.07) is 9.27. The molecule has 2 aromatic rings. The molecule has 0 unspecified atom stereocenters. The predicted molar refractivity (Wildman–Crippen MR) is 104 cm³/mol. The molecule has 0 aromatic heterocycles. The number of hydrogen-bond acceptors (Lipinski definition) is 6. The number of hydrogen-bond donors (Lipinski definition) is 0. The third-order valence-electron chi connectivity index (χ3n) is 4.40. The van der Waals surface area contributed by atoms with Gasteiger partial charge in [0.15, 0.2) is 11.5 Å². The highest BCUT2D eigenvalue weighted by Crippen LogP contribution is 2.40. The molecular formula is C20H20FNO5S. The smallest absolute Gasteiger partial charge is 0.289 e. The highest BCUT2D eigenvalue weighted by atomic mass is 32.2. The Morgan fingerprint density at radius 2 is 1.57 bits per heavy atom. The van der Waals surface area contributed by atoms with Crippen molar-refractivity contribution in [3.8, 4) is 17.2 Å². The van der Waals surface area contributed by atoms with E-state index in [2.05, 4.69) is 0 Å². The summed E-state index contributed by atoms with van der Waals surface area (Å²) in [5, 5.41) is -0.859. The predicted octanol–water partition coefficient (Wildman–Crippen LogP) is 3.66. The zero-order valence-corrected chi connectivity index (χ0v) is 16.5. The summed E-state index contributed by atoms with van der Waals surface area (Å²) >= 11 is 0.986.